The van der Waals surface area contributed by atoms with Crippen LogP contribution in [0.4, 0.5) is 0 Å². The highest BCUT2D eigenvalue weighted by Gasteiger charge is 2.54. The van der Waals surface area contributed by atoms with Gasteiger partial charge in [-0.2, -0.15) is 0 Å². The Hall–Kier alpha value is -1.13. The van der Waals surface area contributed by atoms with E-state index in [0.717, 1.165) is 38.5 Å². The van der Waals surface area contributed by atoms with Gasteiger partial charge in [-0.25, -0.2) is 0 Å². The summed E-state index contributed by atoms with van der Waals surface area (Å²) in [7, 11) is 1.68. The molecule has 4 nitrogen and oxygen atoms in total. The molecular weight excluding hydrogens is 364 g/mol. The van der Waals surface area contributed by atoms with Gasteiger partial charge in [0.25, 0.3) is 0 Å². The molecule has 0 unspecified atom stereocenters. The van der Waals surface area contributed by atoms with Crippen LogP contribution in [0.2, 0.25) is 0 Å². The Morgan fingerprint density at radius 1 is 1.17 bits per heavy atom. The Labute approximate surface area is 178 Å². The topological polar surface area (TPSA) is 44.8 Å². The third-order valence-electron chi connectivity index (χ3n) is 7.35. The van der Waals surface area contributed by atoms with Crippen molar-refractivity contribution in [1.82, 2.24) is 0 Å². The first kappa shape index (κ1) is 24.1. The van der Waals surface area contributed by atoms with E-state index in [4.69, 9.17) is 14.2 Å². The van der Waals surface area contributed by atoms with Gasteiger partial charge in [-0.3, -0.25) is 4.79 Å². The van der Waals surface area contributed by atoms with E-state index < -0.39 is 0 Å². The predicted molar refractivity (Wildman–Crippen MR) is 117 cm³/mol. The molecule has 0 radical (unpaired) electrons. The van der Waals surface area contributed by atoms with Gasteiger partial charge in [0.05, 0.1) is 12.2 Å². The first-order valence-corrected chi connectivity index (χ1v) is 11.2. The number of esters is 1. The molecule has 0 saturated heterocycles. The number of carbonyl (C=O) groups excluding carboxylic acids is 1. The lowest BCUT2D eigenvalue weighted by atomic mass is 9.52. The molecule has 0 heterocycles. The smallest absolute Gasteiger partial charge is 0.302 e. The van der Waals surface area contributed by atoms with Gasteiger partial charge in [0, 0.05) is 20.0 Å². The Kier molecular flexibility index (Phi) is 8.54. The van der Waals surface area contributed by atoms with Crippen molar-refractivity contribution < 1.29 is 19.0 Å². The minimum Gasteiger partial charge on any atom is -0.466 e. The first-order chi connectivity index (χ1) is 13.6. The van der Waals surface area contributed by atoms with Gasteiger partial charge in [-0.1, -0.05) is 37.1 Å². The van der Waals surface area contributed by atoms with Gasteiger partial charge in [0.15, 0.2) is 0 Å². The molecule has 4 heteroatoms. The number of carbonyl (C=O) groups is 1. The molecular formula is C25H42O4. The van der Waals surface area contributed by atoms with E-state index in [0.29, 0.717) is 19.3 Å². The van der Waals surface area contributed by atoms with Crippen LogP contribution in [-0.4, -0.2) is 32.1 Å². The second kappa shape index (κ2) is 10.3. The minimum atomic E-state index is -0.302. The van der Waals surface area contributed by atoms with E-state index in [2.05, 4.69) is 46.8 Å². The maximum Gasteiger partial charge on any atom is 0.302 e. The number of hydrogen-bond acceptors (Lipinski definition) is 4. The van der Waals surface area contributed by atoms with Crippen LogP contribution in [0.15, 0.2) is 23.3 Å². The molecule has 166 valence electrons. The molecule has 0 N–H and O–H groups in total. The van der Waals surface area contributed by atoms with Crippen molar-refractivity contribution in [3.8, 4) is 0 Å². The fourth-order valence-electron chi connectivity index (χ4n) is 5.90. The van der Waals surface area contributed by atoms with Crippen molar-refractivity contribution in [2.24, 2.45) is 23.2 Å². The molecule has 0 aromatic rings. The lowest BCUT2D eigenvalue weighted by Gasteiger charge is -2.57. The molecule has 2 bridgehead atoms. The van der Waals surface area contributed by atoms with E-state index in [1.54, 1.807) is 7.11 Å². The third-order valence-corrected chi connectivity index (χ3v) is 7.35. The van der Waals surface area contributed by atoms with Crippen molar-refractivity contribution in [2.75, 3.05) is 20.5 Å². The van der Waals surface area contributed by atoms with Gasteiger partial charge in [-0.15, -0.1) is 0 Å². The van der Waals surface area contributed by atoms with E-state index in [9.17, 15) is 4.79 Å². The zero-order valence-electron chi connectivity index (χ0n) is 19.7. The standard InChI is InChI=1S/C25H42O4/c1-18-9-8-10-19(2)15-21(16-28-20(3)26)23-24(4,5)22(12-11-18)13-14-25(23,6)29-17-27-7/h10-11,21-23H,8-9,12-17H2,1-7H3/b18-11+,19-10+/t21-,22+,23-,25+/m1/s1. The van der Waals surface area contributed by atoms with Crippen molar-refractivity contribution in [3.05, 3.63) is 23.3 Å². The summed E-state index contributed by atoms with van der Waals surface area (Å²) in [6.07, 6.45) is 11.2. The summed E-state index contributed by atoms with van der Waals surface area (Å²) >= 11 is 0. The molecule has 29 heavy (non-hydrogen) atoms. The summed E-state index contributed by atoms with van der Waals surface area (Å²) in [5, 5.41) is 0. The number of ether oxygens (including phenoxy) is 3. The molecule has 0 amide bonds. The second-order valence-corrected chi connectivity index (χ2v) is 10.0. The van der Waals surface area contributed by atoms with Crippen molar-refractivity contribution in [2.45, 2.75) is 85.7 Å². The summed E-state index contributed by atoms with van der Waals surface area (Å²) in [5.74, 6) is 0.866. The van der Waals surface area contributed by atoms with Gasteiger partial charge in [0.1, 0.15) is 6.79 Å². The summed E-state index contributed by atoms with van der Waals surface area (Å²) in [6, 6.07) is 0. The molecule has 0 aliphatic heterocycles. The van der Waals surface area contributed by atoms with Gasteiger partial charge >= 0.3 is 5.97 Å². The van der Waals surface area contributed by atoms with E-state index in [-0.39, 0.29) is 28.8 Å². The number of methoxy groups -OCH3 is 1. The Balaban J connectivity index is 2.49. The molecule has 4 atom stereocenters. The van der Waals surface area contributed by atoms with Gasteiger partial charge < -0.3 is 14.2 Å². The second-order valence-electron chi connectivity index (χ2n) is 10.0. The average Bonchev–Trinajstić information content (AvgIpc) is 2.62. The molecule has 0 spiro atoms. The van der Waals surface area contributed by atoms with Crippen LogP contribution in [-0.2, 0) is 19.0 Å². The highest BCUT2D eigenvalue weighted by atomic mass is 16.7. The summed E-state index contributed by atoms with van der Waals surface area (Å²) in [5.41, 5.74) is 2.62. The maximum atomic E-state index is 11.7. The Bertz CT molecular complexity index is 618. The fraction of sp³-hybridized carbons (Fsp3) is 0.800. The summed E-state index contributed by atoms with van der Waals surface area (Å²) in [4.78, 5) is 11.7. The fourth-order valence-corrected chi connectivity index (χ4v) is 5.90. The SMILES string of the molecule is COCO[C@@]1(C)CC[C@@H]2C/C=C(\C)CC/C=C(\C)C[C@H](COC(C)=O)[C@@H]1C2(C)C. The van der Waals surface area contributed by atoms with Crippen molar-refractivity contribution >= 4 is 5.97 Å². The normalized spacial score (nSPS) is 36.6. The molecule has 2 aliphatic rings. The summed E-state index contributed by atoms with van der Waals surface area (Å²) < 4.78 is 17.2. The quantitative estimate of drug-likeness (QED) is 0.316. The Morgan fingerprint density at radius 2 is 1.90 bits per heavy atom. The minimum absolute atomic E-state index is 0.0574. The van der Waals surface area contributed by atoms with Crippen LogP contribution in [0.1, 0.15) is 80.1 Å². The molecule has 1 saturated carbocycles. The molecule has 0 aromatic carbocycles. The maximum absolute atomic E-state index is 11.7. The van der Waals surface area contributed by atoms with Crippen LogP contribution >= 0.6 is 0 Å². The van der Waals surface area contributed by atoms with Gasteiger partial charge in [-0.05, 0) is 76.5 Å². The van der Waals surface area contributed by atoms with Crippen LogP contribution in [0.3, 0.4) is 0 Å². The van der Waals surface area contributed by atoms with Crippen molar-refractivity contribution in [1.29, 1.82) is 0 Å². The molecule has 2 aliphatic carbocycles. The molecule has 2 rings (SSSR count). The highest BCUT2D eigenvalue weighted by Crippen LogP contribution is 2.56. The van der Waals surface area contributed by atoms with Crippen LogP contribution < -0.4 is 0 Å². The van der Waals surface area contributed by atoms with Gasteiger partial charge in [0.2, 0.25) is 0 Å². The van der Waals surface area contributed by atoms with Crippen LogP contribution in [0.25, 0.3) is 0 Å². The van der Waals surface area contributed by atoms with E-state index in [1.807, 2.05) is 0 Å². The Morgan fingerprint density at radius 3 is 2.55 bits per heavy atom. The largest absolute Gasteiger partial charge is 0.466 e. The van der Waals surface area contributed by atoms with Crippen LogP contribution in [0.5, 0.6) is 0 Å². The van der Waals surface area contributed by atoms with Crippen molar-refractivity contribution in [3.63, 3.8) is 0 Å². The number of hydrogen-bond donors (Lipinski definition) is 0. The number of fused-ring (bicyclic) bond motifs is 2. The molecule has 1 fully saturated rings. The summed E-state index contributed by atoms with van der Waals surface area (Å²) in [6.45, 7) is 13.7. The average molecular weight is 407 g/mol. The zero-order chi connectivity index (χ0) is 21.7. The lowest BCUT2D eigenvalue weighted by Crippen LogP contribution is -2.56. The lowest BCUT2D eigenvalue weighted by molar-refractivity contribution is -0.214. The molecule has 0 aromatic heterocycles. The first-order valence-electron chi connectivity index (χ1n) is 11.2. The van der Waals surface area contributed by atoms with E-state index >= 15 is 0 Å². The highest BCUT2D eigenvalue weighted by molar-refractivity contribution is 5.65. The third kappa shape index (κ3) is 6.18. The number of rotatable bonds is 5. The number of allylic oxidation sites excluding steroid dienone is 4. The van der Waals surface area contributed by atoms with Crippen LogP contribution in [0, 0.1) is 23.2 Å². The van der Waals surface area contributed by atoms with E-state index in [1.165, 1.54) is 18.1 Å². The monoisotopic (exact) mass is 406 g/mol. The zero-order valence-corrected chi connectivity index (χ0v) is 19.7. The predicted octanol–water partition coefficient (Wildman–Crippen LogP) is 6.06.